The van der Waals surface area contributed by atoms with Crippen LogP contribution in [-0.4, -0.2) is 11.4 Å². The van der Waals surface area contributed by atoms with Crippen LogP contribution >= 0.6 is 12.4 Å². The zero-order chi connectivity index (χ0) is 15.6. The van der Waals surface area contributed by atoms with E-state index in [1.807, 2.05) is 55.5 Å². The molecule has 0 aromatic heterocycles. The zero-order valence-corrected chi connectivity index (χ0v) is 13.9. The summed E-state index contributed by atoms with van der Waals surface area (Å²) in [5.74, 6) is 0.729. The SMILES string of the molecule is Cc1c(COc2ccccc2)cccc1NC(=O)C1(N)CC1.Cl. The first-order chi connectivity index (χ1) is 10.6. The molecule has 1 saturated carbocycles. The van der Waals surface area contributed by atoms with Crippen LogP contribution in [-0.2, 0) is 11.4 Å². The van der Waals surface area contributed by atoms with Crippen LogP contribution in [0.5, 0.6) is 5.75 Å². The molecule has 0 spiro atoms. The van der Waals surface area contributed by atoms with Gasteiger partial charge in [0.1, 0.15) is 12.4 Å². The van der Waals surface area contributed by atoms with E-state index in [0.29, 0.717) is 6.61 Å². The second-order valence-electron chi connectivity index (χ2n) is 5.80. The molecular formula is C18H21ClN2O2. The molecule has 4 nitrogen and oxygen atoms in total. The number of ether oxygens (including phenoxy) is 1. The maximum Gasteiger partial charge on any atom is 0.244 e. The van der Waals surface area contributed by atoms with Crippen molar-refractivity contribution >= 4 is 24.0 Å². The fourth-order valence-corrected chi connectivity index (χ4v) is 2.26. The van der Waals surface area contributed by atoms with Gasteiger partial charge in [0, 0.05) is 5.69 Å². The van der Waals surface area contributed by atoms with Gasteiger partial charge in [0.2, 0.25) is 5.91 Å². The normalized spacial score (nSPS) is 14.5. The number of carbonyl (C=O) groups is 1. The molecule has 1 aliphatic carbocycles. The highest BCUT2D eigenvalue weighted by molar-refractivity contribution is 6.00. The number of anilines is 1. The number of carbonyl (C=O) groups excluding carboxylic acids is 1. The van der Waals surface area contributed by atoms with Gasteiger partial charge in [-0.2, -0.15) is 0 Å². The molecule has 0 atom stereocenters. The van der Waals surface area contributed by atoms with Gasteiger partial charge in [-0.25, -0.2) is 0 Å². The Kier molecular flexibility index (Phi) is 5.29. The van der Waals surface area contributed by atoms with Crippen LogP contribution in [0.4, 0.5) is 5.69 Å². The van der Waals surface area contributed by atoms with Crippen molar-refractivity contribution in [2.24, 2.45) is 5.73 Å². The van der Waals surface area contributed by atoms with Crippen LogP contribution in [0.25, 0.3) is 0 Å². The number of rotatable bonds is 5. The minimum Gasteiger partial charge on any atom is -0.489 e. The number of nitrogens with two attached hydrogens (primary N) is 1. The van der Waals surface area contributed by atoms with Crippen molar-refractivity contribution in [2.75, 3.05) is 5.32 Å². The van der Waals surface area contributed by atoms with E-state index in [4.69, 9.17) is 10.5 Å². The molecule has 5 heteroatoms. The average Bonchev–Trinajstić information content (AvgIpc) is 3.28. The number of halogens is 1. The lowest BCUT2D eigenvalue weighted by atomic mass is 10.1. The molecule has 1 amide bonds. The topological polar surface area (TPSA) is 64.3 Å². The number of hydrogen-bond acceptors (Lipinski definition) is 3. The van der Waals surface area contributed by atoms with E-state index in [9.17, 15) is 4.79 Å². The standard InChI is InChI=1S/C18H20N2O2.ClH/c1-13-14(12-22-15-7-3-2-4-8-15)6-5-9-16(13)20-17(21)18(19)10-11-18;/h2-9H,10-12,19H2,1H3,(H,20,21);1H. The molecule has 0 unspecified atom stereocenters. The molecule has 0 heterocycles. The lowest BCUT2D eigenvalue weighted by molar-refractivity contribution is -0.118. The lowest BCUT2D eigenvalue weighted by Gasteiger charge is -2.15. The fourth-order valence-electron chi connectivity index (χ4n) is 2.26. The van der Waals surface area contributed by atoms with E-state index in [0.717, 1.165) is 35.4 Å². The first-order valence-corrected chi connectivity index (χ1v) is 7.45. The Morgan fingerprint density at radius 1 is 1.17 bits per heavy atom. The van der Waals surface area contributed by atoms with Crippen LogP contribution in [0, 0.1) is 6.92 Å². The molecule has 2 aromatic carbocycles. The largest absolute Gasteiger partial charge is 0.489 e. The van der Waals surface area contributed by atoms with Gasteiger partial charge in [0.25, 0.3) is 0 Å². The van der Waals surface area contributed by atoms with Gasteiger partial charge >= 0.3 is 0 Å². The smallest absolute Gasteiger partial charge is 0.244 e. The molecular weight excluding hydrogens is 312 g/mol. The molecule has 122 valence electrons. The third-order valence-corrected chi connectivity index (χ3v) is 4.07. The Morgan fingerprint density at radius 2 is 1.87 bits per heavy atom. The first kappa shape index (κ1) is 17.3. The number of para-hydroxylation sites is 1. The molecule has 3 N–H and O–H groups in total. The Morgan fingerprint density at radius 3 is 2.52 bits per heavy atom. The maximum atomic E-state index is 12.1. The summed E-state index contributed by atoms with van der Waals surface area (Å²) in [4.78, 5) is 12.1. The molecule has 0 saturated heterocycles. The van der Waals surface area contributed by atoms with Gasteiger partial charge in [0.15, 0.2) is 0 Å². The van der Waals surface area contributed by atoms with Crippen molar-refractivity contribution in [1.29, 1.82) is 0 Å². The fraction of sp³-hybridized carbons (Fsp3) is 0.278. The summed E-state index contributed by atoms with van der Waals surface area (Å²) in [7, 11) is 0. The molecule has 1 fully saturated rings. The second-order valence-corrected chi connectivity index (χ2v) is 5.80. The van der Waals surface area contributed by atoms with Crippen LogP contribution in [0.15, 0.2) is 48.5 Å². The summed E-state index contributed by atoms with van der Waals surface area (Å²) < 4.78 is 5.78. The lowest BCUT2D eigenvalue weighted by Crippen LogP contribution is -2.38. The highest BCUT2D eigenvalue weighted by Crippen LogP contribution is 2.34. The van der Waals surface area contributed by atoms with Gasteiger partial charge in [0.05, 0.1) is 5.54 Å². The summed E-state index contributed by atoms with van der Waals surface area (Å²) in [6, 6.07) is 15.5. The van der Waals surface area contributed by atoms with Gasteiger partial charge in [-0.05, 0) is 49.1 Å². The van der Waals surface area contributed by atoms with E-state index in [1.165, 1.54) is 0 Å². The van der Waals surface area contributed by atoms with E-state index in [2.05, 4.69) is 5.32 Å². The van der Waals surface area contributed by atoms with Crippen molar-refractivity contribution in [3.63, 3.8) is 0 Å². The summed E-state index contributed by atoms with van der Waals surface area (Å²) in [6.45, 7) is 2.45. The summed E-state index contributed by atoms with van der Waals surface area (Å²) in [5, 5.41) is 2.93. The van der Waals surface area contributed by atoms with Gasteiger partial charge in [-0.15, -0.1) is 12.4 Å². The Hall–Kier alpha value is -2.04. The average molecular weight is 333 g/mol. The van der Waals surface area contributed by atoms with Crippen LogP contribution < -0.4 is 15.8 Å². The van der Waals surface area contributed by atoms with Gasteiger partial charge in [-0.1, -0.05) is 30.3 Å². The van der Waals surface area contributed by atoms with E-state index in [1.54, 1.807) is 0 Å². The molecule has 23 heavy (non-hydrogen) atoms. The molecule has 0 radical (unpaired) electrons. The molecule has 0 aliphatic heterocycles. The zero-order valence-electron chi connectivity index (χ0n) is 13.0. The van der Waals surface area contributed by atoms with E-state index < -0.39 is 5.54 Å². The van der Waals surface area contributed by atoms with E-state index >= 15 is 0 Å². The Labute approximate surface area is 142 Å². The monoisotopic (exact) mass is 332 g/mol. The third-order valence-electron chi connectivity index (χ3n) is 4.07. The number of nitrogens with one attached hydrogen (secondary N) is 1. The predicted octanol–water partition coefficient (Wildman–Crippen LogP) is 3.43. The first-order valence-electron chi connectivity index (χ1n) is 7.45. The highest BCUT2D eigenvalue weighted by Gasteiger charge is 2.46. The summed E-state index contributed by atoms with van der Waals surface area (Å²) >= 11 is 0. The van der Waals surface area contributed by atoms with Crippen molar-refractivity contribution in [1.82, 2.24) is 0 Å². The quantitative estimate of drug-likeness (QED) is 0.881. The molecule has 2 aromatic rings. The minimum absolute atomic E-state index is 0. The van der Waals surface area contributed by atoms with Crippen LogP contribution in [0.2, 0.25) is 0 Å². The summed E-state index contributed by atoms with van der Waals surface area (Å²) in [6.07, 6.45) is 1.52. The Balaban J connectivity index is 0.00000192. The van der Waals surface area contributed by atoms with Crippen LogP contribution in [0.1, 0.15) is 24.0 Å². The van der Waals surface area contributed by atoms with Gasteiger partial charge in [-0.3, -0.25) is 4.79 Å². The van der Waals surface area contributed by atoms with Crippen molar-refractivity contribution in [3.05, 3.63) is 59.7 Å². The summed E-state index contributed by atoms with van der Waals surface area (Å²) in [5.41, 5.74) is 8.12. The van der Waals surface area contributed by atoms with E-state index in [-0.39, 0.29) is 18.3 Å². The number of benzene rings is 2. The molecule has 0 bridgehead atoms. The third kappa shape index (κ3) is 4.03. The number of amides is 1. The minimum atomic E-state index is -0.664. The van der Waals surface area contributed by atoms with Crippen molar-refractivity contribution in [2.45, 2.75) is 31.9 Å². The highest BCUT2D eigenvalue weighted by atomic mass is 35.5. The molecule has 3 rings (SSSR count). The Bertz CT molecular complexity index is 685. The van der Waals surface area contributed by atoms with Crippen LogP contribution in [0.3, 0.4) is 0 Å². The second kappa shape index (κ2) is 7.02. The van der Waals surface area contributed by atoms with Crippen molar-refractivity contribution < 1.29 is 9.53 Å². The molecule has 1 aliphatic rings. The maximum absolute atomic E-state index is 12.1. The van der Waals surface area contributed by atoms with Crippen molar-refractivity contribution in [3.8, 4) is 5.75 Å². The van der Waals surface area contributed by atoms with Gasteiger partial charge < -0.3 is 15.8 Å². The number of hydrogen-bond donors (Lipinski definition) is 2. The predicted molar refractivity (Wildman–Crippen MR) is 94.0 cm³/mol.